The van der Waals surface area contributed by atoms with Crippen LogP contribution in [0.15, 0.2) is 23.1 Å². The van der Waals surface area contributed by atoms with Crippen molar-refractivity contribution in [3.05, 3.63) is 28.3 Å². The minimum absolute atomic E-state index is 0.00351. The molecular weight excluding hydrogens is 304 g/mol. The number of nitrogens with two attached hydrogens (primary N) is 2. The topological polar surface area (TPSA) is 182 Å². The molecule has 11 nitrogen and oxygen atoms in total. The van der Waals surface area contributed by atoms with Crippen LogP contribution in [0.1, 0.15) is 0 Å². The van der Waals surface area contributed by atoms with Crippen LogP contribution in [-0.2, 0) is 10.0 Å². The Morgan fingerprint density at radius 2 is 2.00 bits per heavy atom. The van der Waals surface area contributed by atoms with Gasteiger partial charge in [0.2, 0.25) is 10.0 Å². The number of hydrogen-bond donors (Lipinski definition) is 5. The zero-order valence-electron chi connectivity index (χ0n) is 10.7. The first-order valence-electron chi connectivity index (χ1n) is 5.56. The average molecular weight is 318 g/mol. The number of hydrogen-bond acceptors (Lipinski definition) is 7. The third-order valence-electron chi connectivity index (χ3n) is 2.35. The second-order valence-electron chi connectivity index (χ2n) is 3.77. The lowest BCUT2D eigenvalue weighted by molar-refractivity contribution is -0.384. The summed E-state index contributed by atoms with van der Waals surface area (Å²) in [7, 11) is -3.89. The first kappa shape index (κ1) is 16.6. The van der Waals surface area contributed by atoms with Gasteiger partial charge in [0, 0.05) is 19.2 Å². The van der Waals surface area contributed by atoms with E-state index in [0.29, 0.717) is 0 Å². The number of sulfonamides is 1. The van der Waals surface area contributed by atoms with E-state index in [0.717, 1.165) is 18.2 Å². The fraction of sp³-hybridized carbons (Fsp3) is 0.222. The molecule has 0 spiro atoms. The van der Waals surface area contributed by atoms with E-state index >= 15 is 0 Å². The number of urea groups is 1. The van der Waals surface area contributed by atoms with E-state index in [1.54, 1.807) is 0 Å². The maximum absolute atomic E-state index is 11.9. The van der Waals surface area contributed by atoms with Crippen LogP contribution in [0.2, 0.25) is 0 Å². The van der Waals surface area contributed by atoms with Gasteiger partial charge in [-0.15, -0.1) is 0 Å². The molecule has 1 aromatic rings. The fourth-order valence-corrected chi connectivity index (χ4v) is 2.47. The van der Waals surface area contributed by atoms with E-state index in [1.165, 1.54) is 0 Å². The van der Waals surface area contributed by atoms with Crippen molar-refractivity contribution in [2.45, 2.75) is 4.90 Å². The summed E-state index contributed by atoms with van der Waals surface area (Å²) in [6.45, 7) is -0.0861. The highest BCUT2D eigenvalue weighted by Crippen LogP contribution is 2.26. The van der Waals surface area contributed by atoms with Crippen LogP contribution in [0, 0.1) is 10.1 Å². The molecule has 0 saturated carbocycles. The van der Waals surface area contributed by atoms with Crippen LogP contribution in [0.25, 0.3) is 0 Å². The molecule has 0 aliphatic carbocycles. The molecule has 0 radical (unpaired) electrons. The SMILES string of the molecule is NNc1cc(S(=O)(=O)NCCNC(N)=O)ccc1[N+](=O)[O-]. The molecule has 0 saturated heterocycles. The number of carbonyl (C=O) groups excluding carboxylic acids is 1. The van der Waals surface area contributed by atoms with Crippen molar-refractivity contribution in [3.63, 3.8) is 0 Å². The maximum atomic E-state index is 11.9. The number of anilines is 1. The first-order valence-corrected chi connectivity index (χ1v) is 7.04. The first-order chi connectivity index (χ1) is 9.77. The highest BCUT2D eigenvalue weighted by atomic mass is 32.2. The number of nitro benzene ring substituents is 1. The standard InChI is InChI=1S/C9H14N6O5S/c10-9(16)12-3-4-13-21(19,20)6-1-2-8(15(17)18)7(5-6)14-11/h1-2,5,13-14H,3-4,11H2,(H3,10,12,16). The van der Waals surface area contributed by atoms with Gasteiger partial charge in [0.1, 0.15) is 5.69 Å². The Hall–Kier alpha value is -2.44. The number of primary amides is 1. The number of benzene rings is 1. The molecule has 0 heterocycles. The highest BCUT2D eigenvalue weighted by molar-refractivity contribution is 7.89. The van der Waals surface area contributed by atoms with Gasteiger partial charge in [0.05, 0.1) is 9.82 Å². The van der Waals surface area contributed by atoms with Crippen molar-refractivity contribution in [2.24, 2.45) is 11.6 Å². The Kier molecular flexibility index (Phi) is 5.40. The zero-order chi connectivity index (χ0) is 16.0. The molecule has 1 aromatic carbocycles. The van der Waals surface area contributed by atoms with E-state index in [4.69, 9.17) is 11.6 Å². The smallest absolute Gasteiger partial charge is 0.312 e. The van der Waals surface area contributed by atoms with Crippen molar-refractivity contribution < 1.29 is 18.1 Å². The Labute approximate surface area is 119 Å². The third-order valence-corrected chi connectivity index (χ3v) is 3.81. The van der Waals surface area contributed by atoms with Gasteiger partial charge in [0.25, 0.3) is 5.69 Å². The minimum atomic E-state index is -3.89. The second-order valence-corrected chi connectivity index (χ2v) is 5.54. The Morgan fingerprint density at radius 1 is 1.33 bits per heavy atom. The molecule has 0 bridgehead atoms. The number of nitrogens with one attached hydrogen (secondary N) is 3. The van der Waals surface area contributed by atoms with Crippen LogP contribution in [0.3, 0.4) is 0 Å². The van der Waals surface area contributed by atoms with E-state index in [-0.39, 0.29) is 29.4 Å². The van der Waals surface area contributed by atoms with Crippen molar-refractivity contribution in [1.82, 2.24) is 10.0 Å². The van der Waals surface area contributed by atoms with E-state index in [1.807, 2.05) is 0 Å². The van der Waals surface area contributed by atoms with E-state index < -0.39 is 21.0 Å². The summed E-state index contributed by atoms with van der Waals surface area (Å²) in [5.41, 5.74) is 6.39. The minimum Gasteiger partial charge on any atom is -0.352 e. The predicted molar refractivity (Wildman–Crippen MR) is 73.7 cm³/mol. The van der Waals surface area contributed by atoms with E-state index in [2.05, 4.69) is 15.5 Å². The van der Waals surface area contributed by atoms with Gasteiger partial charge in [-0.05, 0) is 12.1 Å². The molecule has 0 aromatic heterocycles. The molecule has 0 fully saturated rings. The van der Waals surface area contributed by atoms with Crippen LogP contribution in [-0.4, -0.2) is 32.5 Å². The number of hydrazine groups is 1. The molecule has 7 N–H and O–H groups in total. The number of nitrogen functional groups attached to an aromatic ring is 1. The molecular formula is C9H14N6O5S. The fourth-order valence-electron chi connectivity index (χ4n) is 1.41. The van der Waals surface area contributed by atoms with Crippen molar-refractivity contribution in [1.29, 1.82) is 0 Å². The maximum Gasteiger partial charge on any atom is 0.312 e. The molecule has 21 heavy (non-hydrogen) atoms. The van der Waals surface area contributed by atoms with Crippen LogP contribution in [0.5, 0.6) is 0 Å². The van der Waals surface area contributed by atoms with Gasteiger partial charge < -0.3 is 16.5 Å². The molecule has 0 aliphatic heterocycles. The van der Waals surface area contributed by atoms with Gasteiger partial charge >= 0.3 is 6.03 Å². The molecule has 116 valence electrons. The molecule has 0 unspecified atom stereocenters. The summed E-state index contributed by atoms with van der Waals surface area (Å²) in [6, 6.07) is 2.34. The lowest BCUT2D eigenvalue weighted by Gasteiger charge is -2.09. The van der Waals surface area contributed by atoms with Gasteiger partial charge in [-0.2, -0.15) is 0 Å². The van der Waals surface area contributed by atoms with Gasteiger partial charge in [-0.3, -0.25) is 16.0 Å². The van der Waals surface area contributed by atoms with Crippen molar-refractivity contribution in [3.8, 4) is 0 Å². The molecule has 0 aliphatic rings. The number of nitro groups is 1. The number of rotatable bonds is 7. The summed E-state index contributed by atoms with van der Waals surface area (Å²) in [4.78, 5) is 20.2. The van der Waals surface area contributed by atoms with Crippen LogP contribution in [0.4, 0.5) is 16.2 Å². The quantitative estimate of drug-likeness (QED) is 0.181. The summed E-state index contributed by atoms with van der Waals surface area (Å²) in [6.07, 6.45) is 0. The highest BCUT2D eigenvalue weighted by Gasteiger charge is 2.19. The second kappa shape index (κ2) is 6.83. The number of amides is 2. The van der Waals surface area contributed by atoms with E-state index in [9.17, 15) is 23.3 Å². The summed E-state index contributed by atoms with van der Waals surface area (Å²) in [5, 5.41) is 12.9. The molecule has 0 atom stereocenters. The third kappa shape index (κ3) is 4.55. The van der Waals surface area contributed by atoms with Gasteiger partial charge in [0.15, 0.2) is 0 Å². The average Bonchev–Trinajstić information content (AvgIpc) is 2.42. The van der Waals surface area contributed by atoms with Gasteiger partial charge in [-0.25, -0.2) is 17.9 Å². The molecule has 12 heteroatoms. The summed E-state index contributed by atoms with van der Waals surface area (Å²) >= 11 is 0. The predicted octanol–water partition coefficient (Wildman–Crippen LogP) is -1.17. The Morgan fingerprint density at radius 3 is 2.52 bits per heavy atom. The number of nitrogens with zero attached hydrogens (tertiary/aromatic N) is 1. The Bertz CT molecular complexity index is 646. The monoisotopic (exact) mass is 318 g/mol. The lowest BCUT2D eigenvalue weighted by Crippen LogP contribution is -2.37. The normalized spacial score (nSPS) is 10.9. The summed E-state index contributed by atoms with van der Waals surface area (Å²) in [5.74, 6) is 5.12. The van der Waals surface area contributed by atoms with Crippen LogP contribution < -0.4 is 27.0 Å². The van der Waals surface area contributed by atoms with Crippen molar-refractivity contribution in [2.75, 3.05) is 18.5 Å². The largest absolute Gasteiger partial charge is 0.352 e. The zero-order valence-corrected chi connectivity index (χ0v) is 11.5. The number of carbonyl (C=O) groups is 1. The summed E-state index contributed by atoms with van der Waals surface area (Å²) < 4.78 is 26.1. The lowest BCUT2D eigenvalue weighted by atomic mass is 10.3. The van der Waals surface area contributed by atoms with Gasteiger partial charge in [-0.1, -0.05) is 0 Å². The van der Waals surface area contributed by atoms with Crippen molar-refractivity contribution >= 4 is 27.4 Å². The van der Waals surface area contributed by atoms with Crippen LogP contribution >= 0.6 is 0 Å². The molecule has 2 amide bonds. The molecule has 1 rings (SSSR count). The Balaban J connectivity index is 2.88.